The summed E-state index contributed by atoms with van der Waals surface area (Å²) < 4.78 is 30.0. The lowest BCUT2D eigenvalue weighted by Gasteiger charge is -2.10. The maximum atomic E-state index is 12.5. The normalized spacial score (nSPS) is 10.5. The number of hydrogen-bond acceptors (Lipinski definition) is 3. The second kappa shape index (κ2) is 4.03. The monoisotopic (exact) mass is 300 g/mol. The molecule has 3 nitrogen and oxygen atoms in total. The van der Waals surface area contributed by atoms with Gasteiger partial charge in [0.05, 0.1) is 24.6 Å². The minimum atomic E-state index is -2.65. The molecule has 0 radical (unpaired) electrons. The molecule has 0 saturated heterocycles. The van der Waals surface area contributed by atoms with E-state index >= 15 is 0 Å². The average Bonchev–Trinajstić information content (AvgIpc) is 2.08. The highest BCUT2D eigenvalue weighted by Crippen LogP contribution is 2.34. The minimum absolute atomic E-state index is 0.0186. The van der Waals surface area contributed by atoms with Gasteiger partial charge in [0.25, 0.3) is 6.43 Å². The summed E-state index contributed by atoms with van der Waals surface area (Å²) in [6.45, 7) is 0. The molecule has 0 saturated carbocycles. The van der Waals surface area contributed by atoms with Crippen molar-refractivity contribution in [1.29, 1.82) is 0 Å². The molecule has 0 amide bonds. The lowest BCUT2D eigenvalue weighted by atomic mass is 10.2. The predicted molar refractivity (Wildman–Crippen MR) is 52.9 cm³/mol. The lowest BCUT2D eigenvalue weighted by molar-refractivity contribution is 0.147. The summed E-state index contributed by atoms with van der Waals surface area (Å²) in [6.07, 6.45) is -1.41. The lowest BCUT2D eigenvalue weighted by Crippen LogP contribution is -2.03. The van der Waals surface area contributed by atoms with Crippen molar-refractivity contribution in [3.05, 3.63) is 15.5 Å². The number of nitrogen functional groups attached to an aromatic ring is 1. The summed E-state index contributed by atoms with van der Waals surface area (Å²) in [4.78, 5) is 3.80. The molecule has 6 heteroatoms. The number of halogens is 3. The third-order valence-electron chi connectivity index (χ3n) is 1.51. The summed E-state index contributed by atoms with van der Waals surface area (Å²) in [6, 6.07) is 0. The van der Waals surface area contributed by atoms with Crippen LogP contribution < -0.4 is 10.5 Å². The molecule has 0 aliphatic carbocycles. The van der Waals surface area contributed by atoms with Crippen molar-refractivity contribution in [2.45, 2.75) is 6.43 Å². The van der Waals surface area contributed by atoms with Crippen molar-refractivity contribution in [1.82, 2.24) is 4.98 Å². The van der Waals surface area contributed by atoms with Gasteiger partial charge < -0.3 is 10.5 Å². The fourth-order valence-electron chi connectivity index (χ4n) is 0.886. The van der Waals surface area contributed by atoms with Crippen LogP contribution in [0.1, 0.15) is 12.0 Å². The number of pyridine rings is 1. The Labute approximate surface area is 87.4 Å². The van der Waals surface area contributed by atoms with Gasteiger partial charge in [-0.25, -0.2) is 13.8 Å². The van der Waals surface area contributed by atoms with Gasteiger partial charge >= 0.3 is 0 Å². The van der Waals surface area contributed by atoms with Gasteiger partial charge in [-0.05, 0) is 22.6 Å². The van der Waals surface area contributed by atoms with E-state index in [1.54, 1.807) is 22.6 Å². The minimum Gasteiger partial charge on any atom is -0.495 e. The number of nitrogens with zero attached hydrogens (tertiary/aromatic N) is 1. The maximum absolute atomic E-state index is 12.5. The fourth-order valence-corrected chi connectivity index (χ4v) is 1.32. The van der Waals surface area contributed by atoms with E-state index in [9.17, 15) is 8.78 Å². The number of ether oxygens (including phenoxy) is 1. The van der Waals surface area contributed by atoms with Crippen molar-refractivity contribution in [2.24, 2.45) is 0 Å². The van der Waals surface area contributed by atoms with Crippen molar-refractivity contribution < 1.29 is 13.5 Å². The first-order valence-electron chi connectivity index (χ1n) is 3.34. The third kappa shape index (κ3) is 1.98. The Bertz CT molecular complexity index is 320. The number of hydrogen-bond donors (Lipinski definition) is 1. The molecule has 13 heavy (non-hydrogen) atoms. The summed E-state index contributed by atoms with van der Waals surface area (Å²) in [7, 11) is 1.30. The van der Waals surface area contributed by atoms with Crippen molar-refractivity contribution >= 4 is 28.3 Å². The van der Waals surface area contributed by atoms with Crippen LogP contribution in [0.3, 0.4) is 0 Å². The summed E-state index contributed by atoms with van der Waals surface area (Å²) >= 11 is 1.79. The predicted octanol–water partition coefficient (Wildman–Crippen LogP) is 2.21. The van der Waals surface area contributed by atoms with Gasteiger partial charge in [-0.3, -0.25) is 0 Å². The van der Waals surface area contributed by atoms with Gasteiger partial charge in [0.2, 0.25) is 0 Å². The SMILES string of the molecule is COc1cnc(I)c(N)c1C(F)F. The van der Waals surface area contributed by atoms with Gasteiger partial charge in [-0.15, -0.1) is 0 Å². The van der Waals surface area contributed by atoms with Gasteiger partial charge in [-0.2, -0.15) is 0 Å². The number of rotatable bonds is 2. The Morgan fingerprint density at radius 1 is 1.62 bits per heavy atom. The number of aromatic nitrogens is 1. The molecule has 0 bridgehead atoms. The first-order chi connectivity index (χ1) is 6.07. The zero-order chi connectivity index (χ0) is 10.0. The van der Waals surface area contributed by atoms with Crippen LogP contribution in [0.2, 0.25) is 0 Å². The van der Waals surface area contributed by atoms with Crippen molar-refractivity contribution in [3.63, 3.8) is 0 Å². The topological polar surface area (TPSA) is 48.1 Å². The summed E-state index contributed by atoms with van der Waals surface area (Å²) in [5.41, 5.74) is 5.12. The Kier molecular flexibility index (Phi) is 3.23. The highest BCUT2D eigenvalue weighted by molar-refractivity contribution is 14.1. The third-order valence-corrected chi connectivity index (χ3v) is 2.37. The molecule has 2 N–H and O–H groups in total. The highest BCUT2D eigenvalue weighted by Gasteiger charge is 2.19. The molecule has 0 fully saturated rings. The Balaban J connectivity index is 3.32. The molecule has 1 rings (SSSR count). The van der Waals surface area contributed by atoms with E-state index in [4.69, 9.17) is 10.5 Å². The number of methoxy groups -OCH3 is 1. The second-order valence-corrected chi connectivity index (χ2v) is 3.27. The first kappa shape index (κ1) is 10.4. The molecule has 72 valence electrons. The zero-order valence-corrected chi connectivity index (χ0v) is 8.88. The Morgan fingerprint density at radius 2 is 2.23 bits per heavy atom. The van der Waals surface area contributed by atoms with E-state index in [2.05, 4.69) is 4.98 Å². The quantitative estimate of drug-likeness (QED) is 0.673. The molecule has 0 aliphatic heterocycles. The van der Waals surface area contributed by atoms with Crippen LogP contribution in [0.4, 0.5) is 14.5 Å². The van der Waals surface area contributed by atoms with Crippen LogP contribution in [0, 0.1) is 3.70 Å². The largest absolute Gasteiger partial charge is 0.495 e. The number of anilines is 1. The molecule has 0 aliphatic rings. The van der Waals surface area contributed by atoms with Crippen LogP contribution in [0.15, 0.2) is 6.20 Å². The Morgan fingerprint density at radius 3 is 2.69 bits per heavy atom. The van der Waals surface area contributed by atoms with Gasteiger partial charge in [0, 0.05) is 0 Å². The second-order valence-electron chi connectivity index (χ2n) is 2.25. The molecule has 1 aromatic heterocycles. The molecule has 0 atom stereocenters. The summed E-state index contributed by atoms with van der Waals surface area (Å²) in [5.74, 6) is 0.0212. The first-order valence-corrected chi connectivity index (χ1v) is 4.41. The van der Waals surface area contributed by atoms with E-state index in [1.165, 1.54) is 13.3 Å². The summed E-state index contributed by atoms with van der Waals surface area (Å²) in [5, 5.41) is 0. The zero-order valence-electron chi connectivity index (χ0n) is 6.72. The van der Waals surface area contributed by atoms with Crippen molar-refractivity contribution in [2.75, 3.05) is 12.8 Å². The standard InChI is InChI=1S/C7H7F2IN2O/c1-13-3-2-12-7(10)5(11)4(3)6(8)9/h2,6H,11H2,1H3. The van der Waals surface area contributed by atoms with Crippen molar-refractivity contribution in [3.8, 4) is 5.75 Å². The number of nitrogens with two attached hydrogens (primary N) is 1. The van der Waals surface area contributed by atoms with Crippen LogP contribution >= 0.6 is 22.6 Å². The molecule has 0 aromatic carbocycles. The average molecular weight is 300 g/mol. The van der Waals surface area contributed by atoms with Crippen LogP contribution in [-0.2, 0) is 0 Å². The van der Waals surface area contributed by atoms with E-state index in [0.29, 0.717) is 3.70 Å². The molecular weight excluding hydrogens is 293 g/mol. The fraction of sp³-hybridized carbons (Fsp3) is 0.286. The number of alkyl halides is 2. The molecule has 0 unspecified atom stereocenters. The van der Waals surface area contributed by atoms with Crippen LogP contribution in [0.5, 0.6) is 5.75 Å². The highest BCUT2D eigenvalue weighted by atomic mass is 127. The van der Waals surface area contributed by atoms with E-state index in [-0.39, 0.29) is 17.0 Å². The van der Waals surface area contributed by atoms with Gasteiger partial charge in [0.15, 0.2) is 0 Å². The van der Waals surface area contributed by atoms with Crippen LogP contribution in [0.25, 0.3) is 0 Å². The maximum Gasteiger partial charge on any atom is 0.269 e. The smallest absolute Gasteiger partial charge is 0.269 e. The van der Waals surface area contributed by atoms with Gasteiger partial charge in [0.1, 0.15) is 9.45 Å². The molecule has 1 aromatic rings. The van der Waals surface area contributed by atoms with Gasteiger partial charge in [-0.1, -0.05) is 0 Å². The van der Waals surface area contributed by atoms with E-state index < -0.39 is 6.43 Å². The van der Waals surface area contributed by atoms with E-state index in [1.807, 2.05) is 0 Å². The van der Waals surface area contributed by atoms with E-state index in [0.717, 1.165) is 0 Å². The van der Waals surface area contributed by atoms with Crippen LogP contribution in [-0.4, -0.2) is 12.1 Å². The molecule has 1 heterocycles. The Hall–Kier alpha value is -0.660. The molecular formula is C7H7F2IN2O. The molecule has 0 spiro atoms.